The Bertz CT molecular complexity index is 683. The summed E-state index contributed by atoms with van der Waals surface area (Å²) in [6.07, 6.45) is -4.60. The number of carbonyl (C=O) groups is 1. The Labute approximate surface area is 117 Å². The molecule has 0 saturated carbocycles. The van der Waals surface area contributed by atoms with E-state index in [-0.39, 0.29) is 17.0 Å². The van der Waals surface area contributed by atoms with Gasteiger partial charge in [-0.2, -0.15) is 13.2 Å². The van der Waals surface area contributed by atoms with Gasteiger partial charge in [0.25, 0.3) is 0 Å². The summed E-state index contributed by atoms with van der Waals surface area (Å²) >= 11 is 0. The molecule has 21 heavy (non-hydrogen) atoms. The molecule has 0 unspecified atom stereocenters. The van der Waals surface area contributed by atoms with E-state index in [0.717, 1.165) is 18.2 Å². The van der Waals surface area contributed by atoms with Crippen molar-refractivity contribution in [3.8, 4) is 11.5 Å². The number of ether oxygens (including phenoxy) is 1. The Morgan fingerprint density at radius 1 is 1.10 bits per heavy atom. The molecule has 0 spiro atoms. The smallest absolute Gasteiger partial charge is 0.419 e. The Kier molecular flexibility index (Phi) is 3.75. The lowest BCUT2D eigenvalue weighted by molar-refractivity contribution is -0.138. The van der Waals surface area contributed by atoms with E-state index in [1.165, 1.54) is 24.3 Å². The maximum absolute atomic E-state index is 12.9. The number of rotatable bonds is 3. The van der Waals surface area contributed by atoms with E-state index in [2.05, 4.69) is 0 Å². The zero-order chi connectivity index (χ0) is 15.6. The first-order valence-corrected chi connectivity index (χ1v) is 5.76. The number of anilines is 1. The summed E-state index contributed by atoms with van der Waals surface area (Å²) in [6.45, 7) is 0. The summed E-state index contributed by atoms with van der Waals surface area (Å²) < 4.78 is 43.7. The molecule has 7 heteroatoms. The van der Waals surface area contributed by atoms with Gasteiger partial charge < -0.3 is 15.6 Å². The lowest BCUT2D eigenvalue weighted by Crippen LogP contribution is -2.08. The molecule has 3 N–H and O–H groups in total. The minimum Gasteiger partial charge on any atom is -0.478 e. The molecular weight excluding hydrogens is 287 g/mol. The van der Waals surface area contributed by atoms with Gasteiger partial charge in [-0.25, -0.2) is 4.79 Å². The zero-order valence-electron chi connectivity index (χ0n) is 10.5. The first kappa shape index (κ1) is 14.7. The molecule has 0 aliphatic heterocycles. The Balaban J connectivity index is 2.47. The average Bonchev–Trinajstić information content (AvgIpc) is 2.40. The fraction of sp³-hybridized carbons (Fsp3) is 0.0714. The highest BCUT2D eigenvalue weighted by atomic mass is 19.4. The normalized spacial score (nSPS) is 11.2. The molecule has 0 atom stereocenters. The predicted octanol–water partition coefficient (Wildman–Crippen LogP) is 3.78. The zero-order valence-corrected chi connectivity index (χ0v) is 10.5. The second-order valence-corrected chi connectivity index (χ2v) is 4.16. The fourth-order valence-corrected chi connectivity index (χ4v) is 1.71. The Hall–Kier alpha value is -2.70. The van der Waals surface area contributed by atoms with Crippen LogP contribution in [0.1, 0.15) is 15.9 Å². The number of hydrogen-bond donors (Lipinski definition) is 2. The summed E-state index contributed by atoms with van der Waals surface area (Å²) in [5.74, 6) is -2.03. The van der Waals surface area contributed by atoms with Gasteiger partial charge in [0.1, 0.15) is 17.1 Å². The number of para-hydroxylation sites is 1. The number of nitrogen functional groups attached to an aromatic ring is 1. The molecule has 0 aliphatic rings. The van der Waals surface area contributed by atoms with Crippen LogP contribution in [-0.2, 0) is 6.18 Å². The molecule has 110 valence electrons. The molecular formula is C14H10F3NO3. The minimum atomic E-state index is -4.60. The number of nitrogens with two attached hydrogens (primary N) is 1. The third-order valence-electron chi connectivity index (χ3n) is 2.65. The van der Waals surface area contributed by atoms with Gasteiger partial charge in [-0.3, -0.25) is 0 Å². The first-order chi connectivity index (χ1) is 9.79. The van der Waals surface area contributed by atoms with Crippen molar-refractivity contribution in [3.05, 3.63) is 53.6 Å². The lowest BCUT2D eigenvalue weighted by Gasteiger charge is -2.14. The number of benzene rings is 2. The highest BCUT2D eigenvalue weighted by Gasteiger charge is 2.34. The molecule has 2 aromatic carbocycles. The number of carboxylic acid groups (broad SMARTS) is 1. The summed E-state index contributed by atoms with van der Waals surface area (Å²) in [6, 6.07) is 8.23. The number of aromatic carboxylic acids is 1. The summed E-state index contributed by atoms with van der Waals surface area (Å²) in [5.41, 5.74) is 4.33. The third-order valence-corrected chi connectivity index (χ3v) is 2.65. The van der Waals surface area contributed by atoms with Crippen LogP contribution in [0, 0.1) is 0 Å². The van der Waals surface area contributed by atoms with Crippen LogP contribution in [0.5, 0.6) is 11.5 Å². The molecule has 0 radical (unpaired) electrons. The van der Waals surface area contributed by atoms with E-state index in [9.17, 15) is 18.0 Å². The van der Waals surface area contributed by atoms with Crippen LogP contribution in [0.2, 0.25) is 0 Å². The van der Waals surface area contributed by atoms with Crippen molar-refractivity contribution in [2.24, 2.45) is 0 Å². The Morgan fingerprint density at radius 3 is 2.38 bits per heavy atom. The summed E-state index contributed by atoms with van der Waals surface area (Å²) in [4.78, 5) is 11.1. The highest BCUT2D eigenvalue weighted by Crippen LogP contribution is 2.38. The number of hydrogen-bond acceptors (Lipinski definition) is 3. The maximum atomic E-state index is 12.9. The van der Waals surface area contributed by atoms with Crippen molar-refractivity contribution in [2.45, 2.75) is 6.18 Å². The van der Waals surface area contributed by atoms with Gasteiger partial charge in [0.15, 0.2) is 0 Å². The van der Waals surface area contributed by atoms with E-state index >= 15 is 0 Å². The van der Waals surface area contributed by atoms with Gasteiger partial charge in [0.2, 0.25) is 0 Å². The first-order valence-electron chi connectivity index (χ1n) is 5.76. The van der Waals surface area contributed by atoms with E-state index in [1.54, 1.807) is 0 Å². The van der Waals surface area contributed by atoms with Gasteiger partial charge >= 0.3 is 12.1 Å². The number of carboxylic acids is 1. The van der Waals surface area contributed by atoms with Crippen LogP contribution < -0.4 is 10.5 Å². The second kappa shape index (κ2) is 5.35. The van der Waals surface area contributed by atoms with Crippen molar-refractivity contribution in [1.82, 2.24) is 0 Å². The molecule has 0 bridgehead atoms. The van der Waals surface area contributed by atoms with Gasteiger partial charge in [0, 0.05) is 5.69 Å². The highest BCUT2D eigenvalue weighted by molar-refractivity contribution is 5.92. The van der Waals surface area contributed by atoms with Crippen molar-refractivity contribution >= 4 is 11.7 Å². The van der Waals surface area contributed by atoms with Gasteiger partial charge in [-0.15, -0.1) is 0 Å². The monoisotopic (exact) mass is 297 g/mol. The molecule has 0 fully saturated rings. The quantitative estimate of drug-likeness (QED) is 0.846. The molecule has 4 nitrogen and oxygen atoms in total. The number of alkyl halides is 3. The summed E-state index contributed by atoms with van der Waals surface area (Å²) in [5, 5.41) is 9.04. The topological polar surface area (TPSA) is 72.5 Å². The van der Waals surface area contributed by atoms with Crippen LogP contribution in [0.4, 0.5) is 18.9 Å². The molecule has 0 amide bonds. The minimum absolute atomic E-state index is 0.170. The van der Waals surface area contributed by atoms with Crippen LogP contribution in [0.25, 0.3) is 0 Å². The second-order valence-electron chi connectivity index (χ2n) is 4.16. The fourth-order valence-electron chi connectivity index (χ4n) is 1.71. The third kappa shape index (κ3) is 3.25. The van der Waals surface area contributed by atoms with Gasteiger partial charge in [-0.05, 0) is 30.3 Å². The van der Waals surface area contributed by atoms with Gasteiger partial charge in [-0.1, -0.05) is 12.1 Å². The van der Waals surface area contributed by atoms with Crippen LogP contribution in [0.3, 0.4) is 0 Å². The van der Waals surface area contributed by atoms with Crippen LogP contribution in [-0.4, -0.2) is 11.1 Å². The van der Waals surface area contributed by atoms with Crippen LogP contribution >= 0.6 is 0 Å². The molecule has 0 heterocycles. The largest absolute Gasteiger partial charge is 0.478 e. The van der Waals surface area contributed by atoms with Crippen LogP contribution in [0.15, 0.2) is 42.5 Å². The molecule has 0 aromatic heterocycles. The molecule has 0 saturated heterocycles. The number of halogens is 3. The van der Waals surface area contributed by atoms with E-state index in [1.807, 2.05) is 0 Å². The Morgan fingerprint density at radius 2 is 1.76 bits per heavy atom. The van der Waals surface area contributed by atoms with Crippen molar-refractivity contribution in [3.63, 3.8) is 0 Å². The lowest BCUT2D eigenvalue weighted by atomic mass is 10.1. The molecule has 2 aromatic rings. The summed E-state index contributed by atoms with van der Waals surface area (Å²) in [7, 11) is 0. The van der Waals surface area contributed by atoms with Crippen molar-refractivity contribution in [2.75, 3.05) is 5.73 Å². The van der Waals surface area contributed by atoms with Gasteiger partial charge in [0.05, 0.1) is 5.56 Å². The standard InChI is InChI=1S/C14H10F3NO3/c15-14(16,17)10-3-1-2-4-12(10)21-11-6-5-8(18)7-9(11)13(19)20/h1-7H,18H2,(H,19,20). The molecule has 2 rings (SSSR count). The average molecular weight is 297 g/mol. The molecule has 0 aliphatic carbocycles. The van der Waals surface area contributed by atoms with Crippen molar-refractivity contribution < 1.29 is 27.8 Å². The van der Waals surface area contributed by atoms with E-state index < -0.39 is 23.5 Å². The SMILES string of the molecule is Nc1ccc(Oc2ccccc2C(F)(F)F)c(C(=O)O)c1. The van der Waals surface area contributed by atoms with E-state index in [4.69, 9.17) is 15.6 Å². The maximum Gasteiger partial charge on any atom is 0.419 e. The van der Waals surface area contributed by atoms with Crippen molar-refractivity contribution in [1.29, 1.82) is 0 Å². The van der Waals surface area contributed by atoms with E-state index in [0.29, 0.717) is 0 Å². The predicted molar refractivity (Wildman–Crippen MR) is 69.3 cm³/mol.